The van der Waals surface area contributed by atoms with Gasteiger partial charge in [-0.2, -0.15) is 0 Å². The second-order valence-corrected chi connectivity index (χ2v) is 5.93. The van der Waals surface area contributed by atoms with E-state index in [4.69, 9.17) is 0 Å². The number of rotatable bonds is 3. The molecule has 0 amide bonds. The molecule has 0 saturated heterocycles. The molecule has 0 bridgehead atoms. The Labute approximate surface area is 114 Å². The zero-order valence-electron chi connectivity index (χ0n) is 12.2. The number of aryl methyl sites for hydroxylation is 1. The summed E-state index contributed by atoms with van der Waals surface area (Å²) < 4.78 is 1.73. The number of H-pyrrole nitrogens is 1. The summed E-state index contributed by atoms with van der Waals surface area (Å²) in [7, 11) is 0. The van der Waals surface area contributed by atoms with E-state index < -0.39 is 0 Å². The second-order valence-electron chi connectivity index (χ2n) is 5.93. The van der Waals surface area contributed by atoms with Gasteiger partial charge in [-0.05, 0) is 17.4 Å². The number of hydrogen-bond donors (Lipinski definition) is 1. The van der Waals surface area contributed by atoms with E-state index in [2.05, 4.69) is 32.8 Å². The summed E-state index contributed by atoms with van der Waals surface area (Å²) in [6.45, 7) is 9.06. The van der Waals surface area contributed by atoms with Crippen LogP contribution >= 0.6 is 0 Å². The molecule has 2 aromatic rings. The van der Waals surface area contributed by atoms with Gasteiger partial charge in [0.2, 0.25) is 0 Å². The first-order chi connectivity index (χ1) is 8.95. The number of nitrogens with zero attached hydrogens (tertiary/aromatic N) is 1. The van der Waals surface area contributed by atoms with Gasteiger partial charge >= 0.3 is 0 Å². The van der Waals surface area contributed by atoms with E-state index in [1.807, 2.05) is 30.3 Å². The molecule has 3 nitrogen and oxygen atoms in total. The Morgan fingerprint density at radius 3 is 2.32 bits per heavy atom. The molecule has 0 unspecified atom stereocenters. The van der Waals surface area contributed by atoms with E-state index in [0.717, 1.165) is 29.8 Å². The summed E-state index contributed by atoms with van der Waals surface area (Å²) in [6.07, 6.45) is 0.943. The third kappa shape index (κ3) is 2.65. The molecular formula is C16H22N2O. The predicted molar refractivity (Wildman–Crippen MR) is 79.5 cm³/mol. The lowest BCUT2D eigenvalue weighted by Crippen LogP contribution is -2.26. The average molecular weight is 258 g/mol. The van der Waals surface area contributed by atoms with Crippen LogP contribution in [0.3, 0.4) is 0 Å². The Balaban J connectivity index is 2.67. The summed E-state index contributed by atoms with van der Waals surface area (Å²) in [6, 6.07) is 10.1. The van der Waals surface area contributed by atoms with Crippen LogP contribution in [0.4, 0.5) is 0 Å². The fourth-order valence-corrected chi connectivity index (χ4v) is 2.37. The molecule has 2 rings (SSSR count). The number of aromatic amines is 1. The maximum absolute atomic E-state index is 12.5. The summed E-state index contributed by atoms with van der Waals surface area (Å²) in [5.74, 6) is 0. The van der Waals surface area contributed by atoms with Gasteiger partial charge in [-0.15, -0.1) is 0 Å². The van der Waals surface area contributed by atoms with Crippen LogP contribution < -0.4 is 5.56 Å². The van der Waals surface area contributed by atoms with Crippen molar-refractivity contribution in [1.82, 2.24) is 9.78 Å². The lowest BCUT2D eigenvalue weighted by Gasteiger charge is -2.17. The first-order valence-electron chi connectivity index (χ1n) is 6.84. The smallest absolute Gasteiger partial charge is 0.270 e. The van der Waals surface area contributed by atoms with Crippen LogP contribution in [0.2, 0.25) is 0 Å². The minimum atomic E-state index is -0.169. The van der Waals surface area contributed by atoms with Crippen LogP contribution in [-0.4, -0.2) is 9.78 Å². The molecule has 1 N–H and O–H groups in total. The van der Waals surface area contributed by atoms with E-state index in [1.54, 1.807) is 4.68 Å². The van der Waals surface area contributed by atoms with Gasteiger partial charge in [0.25, 0.3) is 5.56 Å². The predicted octanol–water partition coefficient (Wildman–Crippen LogP) is 3.55. The molecule has 1 aromatic heterocycles. The Morgan fingerprint density at radius 2 is 1.79 bits per heavy atom. The Kier molecular flexibility index (Phi) is 3.65. The van der Waals surface area contributed by atoms with E-state index in [1.165, 1.54) is 0 Å². The highest BCUT2D eigenvalue weighted by molar-refractivity contribution is 5.64. The lowest BCUT2D eigenvalue weighted by molar-refractivity contribution is 0.561. The van der Waals surface area contributed by atoms with Crippen molar-refractivity contribution < 1.29 is 0 Å². The quantitative estimate of drug-likeness (QED) is 0.898. The number of benzene rings is 1. The minimum absolute atomic E-state index is 0.105. The molecule has 0 aliphatic heterocycles. The largest absolute Gasteiger partial charge is 0.295 e. The van der Waals surface area contributed by atoms with E-state index in [0.29, 0.717) is 0 Å². The van der Waals surface area contributed by atoms with Gasteiger partial charge in [-0.3, -0.25) is 14.6 Å². The summed E-state index contributed by atoms with van der Waals surface area (Å²) in [5.41, 5.74) is 2.82. The molecule has 1 heterocycles. The number of nitrogens with one attached hydrogen (secondary N) is 1. The Hall–Kier alpha value is -1.77. The van der Waals surface area contributed by atoms with Crippen LogP contribution in [-0.2, 0) is 12.0 Å². The Morgan fingerprint density at radius 1 is 1.16 bits per heavy atom. The summed E-state index contributed by atoms with van der Waals surface area (Å²) in [4.78, 5) is 12.5. The molecule has 0 saturated carbocycles. The maximum atomic E-state index is 12.5. The van der Waals surface area contributed by atoms with E-state index >= 15 is 0 Å². The maximum Gasteiger partial charge on any atom is 0.270 e. The molecule has 0 fully saturated rings. The third-order valence-corrected chi connectivity index (χ3v) is 3.22. The van der Waals surface area contributed by atoms with Gasteiger partial charge in [0, 0.05) is 12.1 Å². The van der Waals surface area contributed by atoms with Crippen molar-refractivity contribution in [1.29, 1.82) is 0 Å². The Bertz CT molecular complexity index is 600. The van der Waals surface area contributed by atoms with Crippen molar-refractivity contribution in [3.63, 3.8) is 0 Å². The van der Waals surface area contributed by atoms with Gasteiger partial charge in [0.05, 0.1) is 5.69 Å². The standard InChI is InChI=1S/C16H22N2O/c1-5-11-18-15(19)13(16(2,3)4)14(17-18)12-9-7-6-8-10-12/h6-10,17H,5,11H2,1-4H3. The third-order valence-electron chi connectivity index (χ3n) is 3.22. The first-order valence-corrected chi connectivity index (χ1v) is 6.84. The molecule has 0 aliphatic carbocycles. The van der Waals surface area contributed by atoms with E-state index in [9.17, 15) is 4.79 Å². The van der Waals surface area contributed by atoms with Gasteiger partial charge in [0.1, 0.15) is 0 Å². The second kappa shape index (κ2) is 5.08. The first kappa shape index (κ1) is 13.7. The van der Waals surface area contributed by atoms with Crippen LogP contribution in [0.5, 0.6) is 0 Å². The zero-order chi connectivity index (χ0) is 14.0. The molecular weight excluding hydrogens is 236 g/mol. The molecule has 1 aromatic carbocycles. The molecule has 102 valence electrons. The monoisotopic (exact) mass is 258 g/mol. The number of aromatic nitrogens is 2. The summed E-state index contributed by atoms with van der Waals surface area (Å²) >= 11 is 0. The normalized spacial score (nSPS) is 11.8. The van der Waals surface area contributed by atoms with Crippen LogP contribution in [0.25, 0.3) is 11.3 Å². The zero-order valence-corrected chi connectivity index (χ0v) is 12.2. The van der Waals surface area contributed by atoms with Crippen LogP contribution in [0.15, 0.2) is 35.1 Å². The van der Waals surface area contributed by atoms with Gasteiger partial charge in [0.15, 0.2) is 0 Å². The van der Waals surface area contributed by atoms with Crippen LogP contribution in [0.1, 0.15) is 39.7 Å². The van der Waals surface area contributed by atoms with Crippen molar-refractivity contribution in [2.24, 2.45) is 0 Å². The lowest BCUT2D eigenvalue weighted by atomic mass is 9.85. The highest BCUT2D eigenvalue weighted by atomic mass is 16.1. The molecule has 0 aliphatic rings. The average Bonchev–Trinajstić information content (AvgIpc) is 2.68. The van der Waals surface area contributed by atoms with Gasteiger partial charge in [-0.25, -0.2) is 0 Å². The highest BCUT2D eigenvalue weighted by Gasteiger charge is 2.26. The minimum Gasteiger partial charge on any atom is -0.295 e. The van der Waals surface area contributed by atoms with Crippen molar-refractivity contribution in [3.8, 4) is 11.3 Å². The van der Waals surface area contributed by atoms with Gasteiger partial charge < -0.3 is 0 Å². The molecule has 0 spiro atoms. The van der Waals surface area contributed by atoms with Crippen LogP contribution in [0, 0.1) is 0 Å². The van der Waals surface area contributed by atoms with E-state index in [-0.39, 0.29) is 11.0 Å². The highest BCUT2D eigenvalue weighted by Crippen LogP contribution is 2.29. The van der Waals surface area contributed by atoms with Crippen molar-refractivity contribution in [2.75, 3.05) is 0 Å². The molecule has 3 heteroatoms. The van der Waals surface area contributed by atoms with Crippen molar-refractivity contribution in [3.05, 3.63) is 46.2 Å². The van der Waals surface area contributed by atoms with Gasteiger partial charge in [-0.1, -0.05) is 58.0 Å². The molecule has 0 radical (unpaired) electrons. The topological polar surface area (TPSA) is 37.8 Å². The molecule has 19 heavy (non-hydrogen) atoms. The summed E-state index contributed by atoms with van der Waals surface area (Å²) in [5, 5.41) is 3.28. The van der Waals surface area contributed by atoms with Crippen molar-refractivity contribution in [2.45, 2.75) is 46.1 Å². The SMILES string of the molecule is CCCn1[nH]c(-c2ccccc2)c(C(C)(C)C)c1=O. The molecule has 0 atom stereocenters. The fourth-order valence-electron chi connectivity index (χ4n) is 2.37. The van der Waals surface area contributed by atoms with Crippen molar-refractivity contribution >= 4 is 0 Å². The fraction of sp³-hybridized carbons (Fsp3) is 0.438. The number of hydrogen-bond acceptors (Lipinski definition) is 1.